The summed E-state index contributed by atoms with van der Waals surface area (Å²) in [6.07, 6.45) is 0. The van der Waals surface area contributed by atoms with Crippen molar-refractivity contribution in [3.05, 3.63) is 75.3 Å². The highest BCUT2D eigenvalue weighted by molar-refractivity contribution is 5.81. The average molecular weight is 502 g/mol. The Kier molecular flexibility index (Phi) is 6.49. The van der Waals surface area contributed by atoms with Gasteiger partial charge in [0.1, 0.15) is 11.8 Å². The van der Waals surface area contributed by atoms with E-state index >= 15 is 0 Å². The Labute approximate surface area is 217 Å². The number of hydrogen-bond acceptors (Lipinski definition) is 7. The summed E-state index contributed by atoms with van der Waals surface area (Å²) in [7, 11) is 1.68. The van der Waals surface area contributed by atoms with Crippen molar-refractivity contribution in [2.75, 3.05) is 38.2 Å². The molecule has 0 amide bonds. The van der Waals surface area contributed by atoms with Crippen molar-refractivity contribution in [3.63, 3.8) is 0 Å². The van der Waals surface area contributed by atoms with Crippen LogP contribution in [0.2, 0.25) is 0 Å². The highest BCUT2D eigenvalue weighted by atomic mass is 16.5. The van der Waals surface area contributed by atoms with Crippen LogP contribution in [0, 0.1) is 13.8 Å². The van der Waals surface area contributed by atoms with E-state index in [2.05, 4.69) is 83.1 Å². The molecule has 9 heteroatoms. The van der Waals surface area contributed by atoms with Gasteiger partial charge >= 0.3 is 0 Å². The number of anilines is 1. The fraction of sp³-hybridized carbons (Fsp3) is 0.429. The number of H-pyrrole nitrogens is 1. The Morgan fingerprint density at radius 3 is 2.30 bits per heavy atom. The number of nitrogens with one attached hydrogen (secondary N) is 1. The highest BCUT2D eigenvalue weighted by Crippen LogP contribution is 2.31. The van der Waals surface area contributed by atoms with Crippen LogP contribution in [-0.2, 0) is 5.54 Å². The molecule has 1 fully saturated rings. The van der Waals surface area contributed by atoms with Crippen LogP contribution in [0.1, 0.15) is 49.3 Å². The summed E-state index contributed by atoms with van der Waals surface area (Å²) in [4.78, 5) is 21.3. The van der Waals surface area contributed by atoms with Gasteiger partial charge in [-0.3, -0.25) is 9.69 Å². The lowest BCUT2D eigenvalue weighted by Crippen LogP contribution is -2.49. The van der Waals surface area contributed by atoms with Crippen molar-refractivity contribution in [2.45, 2.75) is 46.2 Å². The molecule has 194 valence electrons. The maximum absolute atomic E-state index is 13.5. The molecule has 1 N–H and O–H groups in total. The minimum absolute atomic E-state index is 0.109. The number of aromatic amines is 1. The zero-order chi connectivity index (χ0) is 26.3. The van der Waals surface area contributed by atoms with E-state index in [-0.39, 0.29) is 17.1 Å². The Balaban J connectivity index is 1.54. The van der Waals surface area contributed by atoms with Crippen molar-refractivity contribution >= 4 is 16.6 Å². The van der Waals surface area contributed by atoms with Crippen molar-refractivity contribution in [1.82, 2.24) is 30.1 Å². The third-order valence-corrected chi connectivity index (χ3v) is 7.27. The first-order valence-electron chi connectivity index (χ1n) is 12.7. The Morgan fingerprint density at radius 2 is 1.65 bits per heavy atom. The Bertz CT molecular complexity index is 1460. The largest absolute Gasteiger partial charge is 0.497 e. The smallest absolute Gasteiger partial charge is 0.253 e. The van der Waals surface area contributed by atoms with Gasteiger partial charge in [0.05, 0.1) is 12.6 Å². The maximum Gasteiger partial charge on any atom is 0.253 e. The number of benzene rings is 2. The summed E-state index contributed by atoms with van der Waals surface area (Å²) in [5.41, 5.74) is 4.56. The Hall–Kier alpha value is -3.72. The second kappa shape index (κ2) is 9.63. The van der Waals surface area contributed by atoms with Crippen LogP contribution >= 0.6 is 0 Å². The molecule has 9 nitrogen and oxygen atoms in total. The molecule has 0 bridgehead atoms. The van der Waals surface area contributed by atoms with Gasteiger partial charge in [-0.15, -0.1) is 5.10 Å². The second-order valence-electron chi connectivity index (χ2n) is 10.8. The van der Waals surface area contributed by atoms with Crippen LogP contribution in [0.4, 0.5) is 5.69 Å². The SMILES string of the molecule is COc1ccc(N2CCN([C@@H](c3cc4cc(C)c(C)cc4[nH]c3=O)c3nnnn3C(C)(C)C)CC2)cc1. The third kappa shape index (κ3) is 4.83. The number of aryl methyl sites for hydroxylation is 2. The van der Waals surface area contributed by atoms with E-state index in [1.165, 1.54) is 5.56 Å². The first-order chi connectivity index (χ1) is 17.7. The summed E-state index contributed by atoms with van der Waals surface area (Å²) in [5.74, 6) is 1.52. The van der Waals surface area contributed by atoms with Gasteiger partial charge in [-0.1, -0.05) is 0 Å². The summed E-state index contributed by atoms with van der Waals surface area (Å²) >= 11 is 0. The molecule has 4 aromatic rings. The first-order valence-corrected chi connectivity index (χ1v) is 12.7. The lowest BCUT2D eigenvalue weighted by Gasteiger charge is -2.40. The number of pyridine rings is 1. The molecule has 1 aliphatic rings. The molecule has 0 spiro atoms. The zero-order valence-corrected chi connectivity index (χ0v) is 22.4. The predicted molar refractivity (Wildman–Crippen MR) is 145 cm³/mol. The number of hydrogen-bond donors (Lipinski definition) is 1. The van der Waals surface area contributed by atoms with Gasteiger partial charge in [-0.25, -0.2) is 4.68 Å². The summed E-state index contributed by atoms with van der Waals surface area (Å²) in [5, 5.41) is 13.8. The van der Waals surface area contributed by atoms with Crippen molar-refractivity contribution < 1.29 is 4.74 Å². The minimum Gasteiger partial charge on any atom is -0.497 e. The van der Waals surface area contributed by atoms with Crippen molar-refractivity contribution in [1.29, 1.82) is 0 Å². The number of aromatic nitrogens is 5. The summed E-state index contributed by atoms with van der Waals surface area (Å²) < 4.78 is 7.15. The van der Waals surface area contributed by atoms with Gasteiger partial charge in [0.2, 0.25) is 0 Å². The molecule has 5 rings (SSSR count). The van der Waals surface area contributed by atoms with Gasteiger partial charge in [-0.2, -0.15) is 0 Å². The monoisotopic (exact) mass is 501 g/mol. The molecule has 1 saturated heterocycles. The molecule has 2 aromatic carbocycles. The standard InChI is InChI=1S/C28H35N7O2/c1-18-15-20-17-23(27(36)29-24(20)16-19(18)2)25(26-30-31-32-35(26)28(3,4)5)34-13-11-33(12-14-34)21-7-9-22(37-6)10-8-21/h7-10,15-17,25H,11-14H2,1-6H3,(H,29,36)/t25-/m0/s1. The summed E-state index contributed by atoms with van der Waals surface area (Å²) in [6, 6.07) is 14.0. The number of tetrazole rings is 1. The van der Waals surface area contributed by atoms with Gasteiger partial charge in [-0.05, 0) is 104 Å². The molecular weight excluding hydrogens is 466 g/mol. The van der Waals surface area contributed by atoms with E-state index in [1.807, 2.05) is 28.9 Å². The molecule has 2 aromatic heterocycles. The maximum atomic E-state index is 13.5. The molecule has 0 aliphatic carbocycles. The number of methoxy groups -OCH3 is 1. The van der Waals surface area contributed by atoms with Crippen LogP contribution < -0.4 is 15.2 Å². The fourth-order valence-corrected chi connectivity index (χ4v) is 5.07. The fourth-order valence-electron chi connectivity index (χ4n) is 5.07. The van der Waals surface area contributed by atoms with Crippen LogP contribution in [-0.4, -0.2) is 63.4 Å². The van der Waals surface area contributed by atoms with Crippen LogP contribution in [0.5, 0.6) is 5.75 Å². The van der Waals surface area contributed by atoms with Gasteiger partial charge in [0.25, 0.3) is 5.56 Å². The Morgan fingerprint density at radius 1 is 0.973 bits per heavy atom. The van der Waals surface area contributed by atoms with Crippen LogP contribution in [0.3, 0.4) is 0 Å². The van der Waals surface area contributed by atoms with Crippen molar-refractivity contribution in [2.24, 2.45) is 0 Å². The molecule has 37 heavy (non-hydrogen) atoms. The predicted octanol–water partition coefficient (Wildman–Crippen LogP) is 3.81. The molecule has 0 radical (unpaired) electrons. The topological polar surface area (TPSA) is 92.2 Å². The second-order valence-corrected chi connectivity index (χ2v) is 10.8. The van der Waals surface area contributed by atoms with E-state index in [1.54, 1.807) is 7.11 Å². The molecule has 3 heterocycles. The number of ether oxygens (including phenoxy) is 1. The lowest BCUT2D eigenvalue weighted by atomic mass is 9.99. The first kappa shape index (κ1) is 25.0. The highest BCUT2D eigenvalue weighted by Gasteiger charge is 2.35. The minimum atomic E-state index is -0.373. The zero-order valence-electron chi connectivity index (χ0n) is 22.4. The van der Waals surface area contributed by atoms with Crippen LogP contribution in [0.15, 0.2) is 47.3 Å². The number of piperazine rings is 1. The molecular formula is C28H35N7O2. The number of nitrogens with zero attached hydrogens (tertiary/aromatic N) is 6. The normalized spacial score (nSPS) is 15.8. The van der Waals surface area contributed by atoms with E-state index in [9.17, 15) is 4.79 Å². The number of rotatable bonds is 5. The molecule has 0 saturated carbocycles. The van der Waals surface area contributed by atoms with Gasteiger partial charge < -0.3 is 14.6 Å². The average Bonchev–Trinajstić information content (AvgIpc) is 3.37. The summed E-state index contributed by atoms with van der Waals surface area (Å²) in [6.45, 7) is 13.5. The van der Waals surface area contributed by atoms with E-state index in [0.717, 1.165) is 54.1 Å². The van der Waals surface area contributed by atoms with Gasteiger partial charge in [0.15, 0.2) is 5.82 Å². The van der Waals surface area contributed by atoms with E-state index in [0.29, 0.717) is 11.4 Å². The molecule has 1 aliphatic heterocycles. The van der Waals surface area contributed by atoms with E-state index in [4.69, 9.17) is 4.74 Å². The molecule has 1 atom stereocenters. The molecule has 0 unspecified atom stereocenters. The number of fused-ring (bicyclic) bond motifs is 1. The van der Waals surface area contributed by atoms with E-state index < -0.39 is 0 Å². The van der Waals surface area contributed by atoms with Crippen LogP contribution in [0.25, 0.3) is 10.9 Å². The van der Waals surface area contributed by atoms with Crippen molar-refractivity contribution in [3.8, 4) is 5.75 Å². The quantitative estimate of drug-likeness (QED) is 0.445. The van der Waals surface area contributed by atoms with Gasteiger partial charge in [0, 0.05) is 42.9 Å². The lowest BCUT2D eigenvalue weighted by molar-refractivity contribution is 0.190. The third-order valence-electron chi connectivity index (χ3n) is 7.27.